The van der Waals surface area contributed by atoms with Gasteiger partial charge in [-0.3, -0.25) is 4.79 Å². The monoisotopic (exact) mass is 336 g/mol. The van der Waals surface area contributed by atoms with Crippen LogP contribution in [0, 0.1) is 0 Å². The van der Waals surface area contributed by atoms with Crippen molar-refractivity contribution in [3.05, 3.63) is 64.1 Å². The van der Waals surface area contributed by atoms with Crippen molar-refractivity contribution < 1.29 is 14.7 Å². The summed E-state index contributed by atoms with van der Waals surface area (Å²) in [6.07, 6.45) is -0.255. The first-order valence-electron chi connectivity index (χ1n) is 6.48. The average Bonchev–Trinajstić information content (AvgIpc) is 2.51. The van der Waals surface area contributed by atoms with Crippen LogP contribution in [-0.2, 0) is 4.79 Å². The minimum atomic E-state index is -1.39. The number of rotatable bonds is 6. The highest BCUT2D eigenvalue weighted by Gasteiger charge is 2.18. The van der Waals surface area contributed by atoms with Crippen molar-refractivity contribution in [1.82, 2.24) is 0 Å². The molecule has 2 aromatic rings. The number of nitrogens with one attached hydrogen (secondary N) is 1. The van der Waals surface area contributed by atoms with E-state index in [1.54, 1.807) is 48.5 Å². The SMILES string of the molecule is O=C(C[C@H](Nc1cccc(Cl)c1Cl)C(=O)[O-])c1ccccc1. The molecule has 0 amide bonds. The number of carboxylic acid groups (broad SMARTS) is 1. The van der Waals surface area contributed by atoms with E-state index in [4.69, 9.17) is 23.2 Å². The molecule has 0 aliphatic heterocycles. The summed E-state index contributed by atoms with van der Waals surface area (Å²) in [7, 11) is 0. The molecule has 4 nitrogen and oxygen atoms in total. The zero-order valence-corrected chi connectivity index (χ0v) is 12.9. The van der Waals surface area contributed by atoms with Gasteiger partial charge in [-0.2, -0.15) is 0 Å². The molecule has 0 aliphatic rings. The molecule has 0 unspecified atom stereocenters. The first kappa shape index (κ1) is 16.3. The van der Waals surface area contributed by atoms with Gasteiger partial charge in [0.2, 0.25) is 0 Å². The highest BCUT2D eigenvalue weighted by molar-refractivity contribution is 6.43. The third-order valence-electron chi connectivity index (χ3n) is 3.05. The summed E-state index contributed by atoms with van der Waals surface area (Å²) in [6.45, 7) is 0. The van der Waals surface area contributed by atoms with Gasteiger partial charge in [-0.15, -0.1) is 0 Å². The third kappa shape index (κ3) is 4.00. The van der Waals surface area contributed by atoms with E-state index < -0.39 is 12.0 Å². The molecule has 2 rings (SSSR count). The van der Waals surface area contributed by atoms with Crippen LogP contribution in [0.1, 0.15) is 16.8 Å². The molecule has 22 heavy (non-hydrogen) atoms. The standard InChI is InChI=1S/C16H13Cl2NO3/c17-11-7-4-8-12(15(11)18)19-13(16(21)22)9-14(20)10-5-2-1-3-6-10/h1-8,13,19H,9H2,(H,21,22)/p-1/t13-/m0/s1. The topological polar surface area (TPSA) is 69.2 Å². The maximum Gasteiger partial charge on any atom is 0.165 e. The number of carbonyl (C=O) groups is 2. The largest absolute Gasteiger partial charge is 0.548 e. The Balaban J connectivity index is 2.16. The summed E-state index contributed by atoms with van der Waals surface area (Å²) in [4.78, 5) is 23.4. The van der Waals surface area contributed by atoms with E-state index in [1.807, 2.05) is 0 Å². The zero-order chi connectivity index (χ0) is 16.1. The lowest BCUT2D eigenvalue weighted by atomic mass is 10.0. The number of Topliss-reactive ketones (excluding diaryl/α,β-unsaturated/α-hetero) is 1. The van der Waals surface area contributed by atoms with Crippen molar-refractivity contribution in [3.63, 3.8) is 0 Å². The van der Waals surface area contributed by atoms with Gasteiger partial charge in [-0.05, 0) is 12.1 Å². The van der Waals surface area contributed by atoms with Crippen LogP contribution >= 0.6 is 23.2 Å². The molecule has 0 saturated heterocycles. The van der Waals surface area contributed by atoms with Gasteiger partial charge in [0, 0.05) is 12.0 Å². The third-order valence-corrected chi connectivity index (χ3v) is 3.87. The van der Waals surface area contributed by atoms with Gasteiger partial charge in [0.05, 0.1) is 27.7 Å². The van der Waals surface area contributed by atoms with Crippen molar-refractivity contribution in [2.24, 2.45) is 0 Å². The van der Waals surface area contributed by atoms with Crippen LogP contribution in [0.3, 0.4) is 0 Å². The van der Waals surface area contributed by atoms with Crippen molar-refractivity contribution in [2.75, 3.05) is 5.32 Å². The number of hydrogen-bond acceptors (Lipinski definition) is 4. The van der Waals surface area contributed by atoms with E-state index in [9.17, 15) is 14.7 Å². The number of aliphatic carboxylic acids is 1. The maximum absolute atomic E-state index is 12.1. The lowest BCUT2D eigenvalue weighted by molar-refractivity contribution is -0.306. The molecular weight excluding hydrogens is 325 g/mol. The molecule has 0 bridgehead atoms. The Morgan fingerprint density at radius 1 is 1.05 bits per heavy atom. The number of hydrogen-bond donors (Lipinski definition) is 1. The number of halogens is 2. The second-order valence-corrected chi connectivity index (χ2v) is 5.40. The van der Waals surface area contributed by atoms with Crippen molar-refractivity contribution >= 4 is 40.6 Å². The molecule has 0 heterocycles. The summed E-state index contributed by atoms with van der Waals surface area (Å²) in [5.41, 5.74) is 0.775. The zero-order valence-electron chi connectivity index (χ0n) is 11.4. The second-order valence-electron chi connectivity index (χ2n) is 4.61. The molecule has 0 aromatic heterocycles. The Labute approximate surface area is 137 Å². The van der Waals surface area contributed by atoms with E-state index in [2.05, 4.69) is 5.32 Å². The number of carboxylic acids is 1. The summed E-state index contributed by atoms with van der Waals surface area (Å²) in [6, 6.07) is 12.0. The second kappa shape index (κ2) is 7.29. The molecule has 0 spiro atoms. The van der Waals surface area contributed by atoms with E-state index >= 15 is 0 Å². The molecule has 1 N–H and O–H groups in total. The summed E-state index contributed by atoms with van der Waals surface area (Å²) < 4.78 is 0. The van der Waals surface area contributed by atoms with E-state index in [0.29, 0.717) is 11.3 Å². The number of anilines is 1. The first-order chi connectivity index (χ1) is 10.5. The van der Waals surface area contributed by atoms with Crippen molar-refractivity contribution in [3.8, 4) is 0 Å². The predicted molar refractivity (Wildman–Crippen MR) is 84.3 cm³/mol. The van der Waals surface area contributed by atoms with Crippen LogP contribution in [0.5, 0.6) is 0 Å². The van der Waals surface area contributed by atoms with E-state index in [0.717, 1.165) is 0 Å². The van der Waals surface area contributed by atoms with E-state index in [1.165, 1.54) is 0 Å². The van der Waals surface area contributed by atoms with Gasteiger partial charge in [-0.25, -0.2) is 0 Å². The predicted octanol–water partition coefficient (Wildman–Crippen LogP) is 2.80. The average molecular weight is 337 g/mol. The number of carbonyl (C=O) groups excluding carboxylic acids is 2. The highest BCUT2D eigenvalue weighted by Crippen LogP contribution is 2.30. The van der Waals surface area contributed by atoms with Gasteiger partial charge < -0.3 is 15.2 Å². The minimum Gasteiger partial charge on any atom is -0.548 e. The van der Waals surface area contributed by atoms with Crippen LogP contribution < -0.4 is 10.4 Å². The fraction of sp³-hybridized carbons (Fsp3) is 0.125. The molecule has 0 aliphatic carbocycles. The molecule has 0 saturated carbocycles. The van der Waals surface area contributed by atoms with Gasteiger partial charge in [-0.1, -0.05) is 59.6 Å². The molecule has 114 valence electrons. The summed E-state index contributed by atoms with van der Waals surface area (Å²) in [5.74, 6) is -1.69. The van der Waals surface area contributed by atoms with Gasteiger partial charge in [0.1, 0.15) is 0 Å². The Morgan fingerprint density at radius 3 is 2.36 bits per heavy atom. The van der Waals surface area contributed by atoms with Crippen LogP contribution in [0.4, 0.5) is 5.69 Å². The fourth-order valence-electron chi connectivity index (χ4n) is 1.92. The smallest absolute Gasteiger partial charge is 0.165 e. The Hall–Kier alpha value is -2.04. The van der Waals surface area contributed by atoms with Crippen molar-refractivity contribution in [2.45, 2.75) is 12.5 Å². The first-order valence-corrected chi connectivity index (χ1v) is 7.24. The van der Waals surface area contributed by atoms with Gasteiger partial charge in [0.25, 0.3) is 0 Å². The Bertz CT molecular complexity index is 689. The molecule has 1 atom stereocenters. The molecule has 0 radical (unpaired) electrons. The van der Waals surface area contributed by atoms with Crippen LogP contribution in [-0.4, -0.2) is 17.8 Å². The molecule has 0 fully saturated rings. The summed E-state index contributed by atoms with van der Waals surface area (Å²) >= 11 is 11.9. The minimum absolute atomic E-state index is 0.197. The van der Waals surface area contributed by atoms with E-state index in [-0.39, 0.29) is 22.2 Å². The number of benzene rings is 2. The quantitative estimate of drug-likeness (QED) is 0.823. The van der Waals surface area contributed by atoms with Crippen LogP contribution in [0.15, 0.2) is 48.5 Å². The normalized spacial score (nSPS) is 11.7. The highest BCUT2D eigenvalue weighted by atomic mass is 35.5. The molecule has 2 aromatic carbocycles. The molecular formula is C16H12Cl2NO3-. The lowest BCUT2D eigenvalue weighted by Crippen LogP contribution is -2.42. The fourth-order valence-corrected chi connectivity index (χ4v) is 2.28. The Kier molecular flexibility index (Phi) is 5.41. The van der Waals surface area contributed by atoms with Gasteiger partial charge >= 0.3 is 0 Å². The van der Waals surface area contributed by atoms with Crippen LogP contribution in [0.25, 0.3) is 0 Å². The molecule has 6 heteroatoms. The van der Waals surface area contributed by atoms with Crippen LogP contribution in [0.2, 0.25) is 10.0 Å². The lowest BCUT2D eigenvalue weighted by Gasteiger charge is -2.21. The maximum atomic E-state index is 12.1. The number of ketones is 1. The van der Waals surface area contributed by atoms with Gasteiger partial charge in [0.15, 0.2) is 5.78 Å². The van der Waals surface area contributed by atoms with Crippen molar-refractivity contribution in [1.29, 1.82) is 0 Å². The Morgan fingerprint density at radius 2 is 1.73 bits per heavy atom. The summed E-state index contributed by atoms with van der Waals surface area (Å²) in [5, 5.41) is 14.4.